The summed E-state index contributed by atoms with van der Waals surface area (Å²) in [5.74, 6) is 0.696. The summed E-state index contributed by atoms with van der Waals surface area (Å²) in [6.45, 7) is 0. The first kappa shape index (κ1) is 33.7. The molecule has 0 spiro atoms. The van der Waals surface area contributed by atoms with Gasteiger partial charge >= 0.3 is 0 Å². The van der Waals surface area contributed by atoms with Gasteiger partial charge in [0.05, 0.1) is 33.3 Å². The topological polar surface area (TPSA) is 48.8 Å². The maximum absolute atomic E-state index is 6.50. The second-order valence-corrected chi connectivity index (χ2v) is 15.7. The van der Waals surface area contributed by atoms with Crippen LogP contribution in [0.4, 0.5) is 0 Å². The van der Waals surface area contributed by atoms with E-state index < -0.39 is 0 Å². The molecular weight excluding hydrogens is 745 g/mol. The maximum Gasteiger partial charge on any atom is 0.160 e. The van der Waals surface area contributed by atoms with Crippen molar-refractivity contribution >= 4 is 76.5 Å². The number of hydrogen-bond acceptors (Lipinski definition) is 3. The van der Waals surface area contributed by atoms with Crippen LogP contribution in [0.1, 0.15) is 0 Å². The number of aromatic nitrogens is 4. The second kappa shape index (κ2) is 13.1. The minimum atomic E-state index is 0.696. The molecule has 4 heterocycles. The Morgan fingerprint density at radius 1 is 0.328 bits per heavy atom. The molecule has 0 unspecified atom stereocenters. The summed E-state index contributed by atoms with van der Waals surface area (Å²) < 4.78 is 11.4. The molecule has 0 aliphatic heterocycles. The van der Waals surface area contributed by atoms with Gasteiger partial charge in [0, 0.05) is 60.2 Å². The minimum absolute atomic E-state index is 0.696. The quantitative estimate of drug-likeness (QED) is 0.175. The van der Waals surface area contributed by atoms with E-state index in [0.717, 1.165) is 83.1 Å². The van der Waals surface area contributed by atoms with Crippen LogP contribution in [-0.4, -0.2) is 19.1 Å². The van der Waals surface area contributed by atoms with Crippen molar-refractivity contribution in [2.24, 2.45) is 0 Å². The van der Waals surface area contributed by atoms with Gasteiger partial charge in [-0.1, -0.05) is 133 Å². The van der Waals surface area contributed by atoms with Crippen LogP contribution >= 0.6 is 0 Å². The molecule has 0 atom stereocenters. The third-order valence-corrected chi connectivity index (χ3v) is 12.3. The van der Waals surface area contributed by atoms with Gasteiger partial charge in [-0.25, -0.2) is 9.97 Å². The van der Waals surface area contributed by atoms with Crippen LogP contribution in [0.25, 0.3) is 122 Å². The van der Waals surface area contributed by atoms with Gasteiger partial charge in [-0.05, 0) is 83.9 Å². The zero-order valence-electron chi connectivity index (χ0n) is 32.8. The van der Waals surface area contributed by atoms with Gasteiger partial charge < -0.3 is 13.6 Å². The standard InChI is InChI=1S/C56H34N4O/c1-3-13-35(14-4-1)36-23-27-39(28-24-36)59-46-21-11-8-18-42(46)52-48(59)32-31-44-51-47(33-34-50-53(51)43-19-9-12-22-49(43)61-50)60(55(44)52)40-29-25-38(26-30-40)56-57-45-20-10-7-17-41(45)54(58-56)37-15-5-2-6-16-37/h1-34H. The molecule has 0 bridgehead atoms. The minimum Gasteiger partial charge on any atom is -0.456 e. The average molecular weight is 779 g/mol. The van der Waals surface area contributed by atoms with Crippen LogP contribution in [0.3, 0.4) is 0 Å². The second-order valence-electron chi connectivity index (χ2n) is 15.7. The first-order valence-electron chi connectivity index (χ1n) is 20.7. The van der Waals surface area contributed by atoms with Gasteiger partial charge in [-0.15, -0.1) is 0 Å². The number of nitrogens with zero attached hydrogens (tertiary/aromatic N) is 4. The molecule has 284 valence electrons. The van der Waals surface area contributed by atoms with E-state index in [-0.39, 0.29) is 0 Å². The fourth-order valence-electron chi connectivity index (χ4n) is 9.62. The highest BCUT2D eigenvalue weighted by molar-refractivity contribution is 6.33. The van der Waals surface area contributed by atoms with Crippen LogP contribution in [0.15, 0.2) is 211 Å². The number of fused-ring (bicyclic) bond motifs is 12. The largest absolute Gasteiger partial charge is 0.456 e. The van der Waals surface area contributed by atoms with Crippen LogP contribution in [0.5, 0.6) is 0 Å². The van der Waals surface area contributed by atoms with Crippen LogP contribution in [0.2, 0.25) is 0 Å². The Morgan fingerprint density at radius 2 is 0.918 bits per heavy atom. The highest BCUT2D eigenvalue weighted by Crippen LogP contribution is 2.46. The SMILES string of the molecule is c1ccc(-c2ccc(-n3c4ccccc4c4c3ccc3c5c6c(ccc5n(-c5ccc(-c7nc(-c8ccccc8)c8ccccc8n7)cc5)c34)oc3ccccc36)cc2)cc1. The molecule has 5 nitrogen and oxygen atoms in total. The predicted molar refractivity (Wildman–Crippen MR) is 252 cm³/mol. The fraction of sp³-hybridized carbons (Fsp3) is 0. The summed E-state index contributed by atoms with van der Waals surface area (Å²) in [4.78, 5) is 10.3. The lowest BCUT2D eigenvalue weighted by atomic mass is 10.0. The third-order valence-electron chi connectivity index (χ3n) is 12.3. The van der Waals surface area contributed by atoms with Crippen molar-refractivity contribution in [1.29, 1.82) is 0 Å². The van der Waals surface area contributed by atoms with E-state index in [1.165, 1.54) is 32.7 Å². The molecule has 13 rings (SSSR count). The summed E-state index contributed by atoms with van der Waals surface area (Å²) in [5, 5.41) is 8.03. The molecule has 0 N–H and O–H groups in total. The van der Waals surface area contributed by atoms with E-state index in [1.54, 1.807) is 0 Å². The molecule has 0 radical (unpaired) electrons. The molecule has 5 heteroatoms. The molecule has 0 amide bonds. The maximum atomic E-state index is 6.50. The summed E-state index contributed by atoms with van der Waals surface area (Å²) >= 11 is 0. The van der Waals surface area contributed by atoms with E-state index in [1.807, 2.05) is 18.2 Å². The van der Waals surface area contributed by atoms with Gasteiger partial charge in [0.25, 0.3) is 0 Å². The van der Waals surface area contributed by atoms with E-state index in [2.05, 4.69) is 197 Å². The Hall–Kier alpha value is -8.28. The molecule has 0 aliphatic carbocycles. The number of benzene rings is 9. The normalized spacial score (nSPS) is 11.9. The van der Waals surface area contributed by atoms with Gasteiger partial charge in [0.15, 0.2) is 5.82 Å². The lowest BCUT2D eigenvalue weighted by molar-refractivity contribution is 0.669. The van der Waals surface area contributed by atoms with Crippen LogP contribution in [-0.2, 0) is 0 Å². The Morgan fingerprint density at radius 3 is 1.70 bits per heavy atom. The highest BCUT2D eigenvalue weighted by atomic mass is 16.3. The predicted octanol–water partition coefficient (Wildman–Crippen LogP) is 14.7. The van der Waals surface area contributed by atoms with Gasteiger partial charge in [-0.3, -0.25) is 0 Å². The number of hydrogen-bond donors (Lipinski definition) is 0. The van der Waals surface area contributed by atoms with Gasteiger partial charge in [-0.2, -0.15) is 0 Å². The Kier molecular flexibility index (Phi) is 7.24. The van der Waals surface area contributed by atoms with Crippen molar-refractivity contribution in [3.8, 4) is 45.1 Å². The lowest BCUT2D eigenvalue weighted by Gasteiger charge is -2.12. The molecule has 0 saturated heterocycles. The molecule has 0 aliphatic rings. The molecule has 4 aromatic heterocycles. The van der Waals surface area contributed by atoms with E-state index >= 15 is 0 Å². The summed E-state index contributed by atoms with van der Waals surface area (Å²) in [7, 11) is 0. The Bertz CT molecular complexity index is 3840. The number of rotatable bonds is 5. The summed E-state index contributed by atoms with van der Waals surface area (Å²) in [6, 6.07) is 73.0. The Balaban J connectivity index is 1.07. The van der Waals surface area contributed by atoms with Crippen LogP contribution < -0.4 is 0 Å². The first-order valence-corrected chi connectivity index (χ1v) is 20.7. The molecule has 61 heavy (non-hydrogen) atoms. The van der Waals surface area contributed by atoms with Gasteiger partial charge in [0.2, 0.25) is 0 Å². The zero-order chi connectivity index (χ0) is 40.0. The molecule has 13 aromatic rings. The molecular formula is C56H34N4O. The third kappa shape index (κ3) is 5.08. The van der Waals surface area contributed by atoms with Crippen molar-refractivity contribution in [3.63, 3.8) is 0 Å². The molecule has 0 saturated carbocycles. The summed E-state index contributed by atoms with van der Waals surface area (Å²) in [5.41, 5.74) is 14.8. The van der Waals surface area contributed by atoms with E-state index in [9.17, 15) is 0 Å². The lowest BCUT2D eigenvalue weighted by Crippen LogP contribution is -1.97. The van der Waals surface area contributed by atoms with Crippen molar-refractivity contribution in [2.45, 2.75) is 0 Å². The highest BCUT2D eigenvalue weighted by Gasteiger charge is 2.24. The first-order chi connectivity index (χ1) is 30.3. The fourth-order valence-corrected chi connectivity index (χ4v) is 9.62. The molecule has 0 fully saturated rings. The summed E-state index contributed by atoms with van der Waals surface area (Å²) in [6.07, 6.45) is 0. The van der Waals surface area contributed by atoms with Crippen molar-refractivity contribution in [3.05, 3.63) is 206 Å². The van der Waals surface area contributed by atoms with E-state index in [0.29, 0.717) is 5.82 Å². The van der Waals surface area contributed by atoms with E-state index in [4.69, 9.17) is 14.4 Å². The van der Waals surface area contributed by atoms with Crippen LogP contribution in [0, 0.1) is 0 Å². The average Bonchev–Trinajstić information content (AvgIpc) is 3.99. The van der Waals surface area contributed by atoms with Crippen molar-refractivity contribution in [1.82, 2.24) is 19.1 Å². The van der Waals surface area contributed by atoms with Gasteiger partial charge in [0.1, 0.15) is 11.2 Å². The zero-order valence-corrected chi connectivity index (χ0v) is 32.8. The van der Waals surface area contributed by atoms with Crippen molar-refractivity contribution < 1.29 is 4.42 Å². The monoisotopic (exact) mass is 778 g/mol. The Labute approximate surface area is 350 Å². The number of furan rings is 1. The molecule has 9 aromatic carbocycles. The number of para-hydroxylation sites is 3. The smallest absolute Gasteiger partial charge is 0.160 e. The van der Waals surface area contributed by atoms with Crippen molar-refractivity contribution in [2.75, 3.05) is 0 Å².